The van der Waals surface area contributed by atoms with Gasteiger partial charge in [-0.05, 0) is 18.2 Å². The molecule has 0 aliphatic rings. The van der Waals surface area contributed by atoms with Crippen molar-refractivity contribution in [3.8, 4) is 11.8 Å². The molecule has 2 rings (SSSR count). The second-order valence-electron chi connectivity index (χ2n) is 2.96. The molecule has 2 aromatic rings. The first kappa shape index (κ1) is 9.21. The van der Waals surface area contributed by atoms with E-state index in [1.54, 1.807) is 12.3 Å². The van der Waals surface area contributed by atoms with Gasteiger partial charge in [-0.1, -0.05) is 0 Å². The van der Waals surface area contributed by atoms with Gasteiger partial charge in [0.05, 0.1) is 11.3 Å². The maximum absolute atomic E-state index is 12.8. The monoisotopic (exact) mass is 202 g/mol. The van der Waals surface area contributed by atoms with Gasteiger partial charge in [-0.2, -0.15) is 10.4 Å². The third kappa shape index (κ3) is 1.65. The standard InChI is InChI=1S/C10H7FN4/c11-8-1-2-9(7(5-8)6-12)15-4-3-10(13)14-15/h1-5H,(H2,13,14). The normalized spacial score (nSPS) is 9.87. The number of benzene rings is 1. The van der Waals surface area contributed by atoms with Crippen LogP contribution in [0.4, 0.5) is 10.2 Å². The van der Waals surface area contributed by atoms with Gasteiger partial charge in [-0.15, -0.1) is 0 Å². The molecule has 4 nitrogen and oxygen atoms in total. The first-order valence-electron chi connectivity index (χ1n) is 4.22. The molecule has 15 heavy (non-hydrogen) atoms. The van der Waals surface area contributed by atoms with Crippen molar-refractivity contribution in [2.75, 3.05) is 5.73 Å². The summed E-state index contributed by atoms with van der Waals surface area (Å²) in [6.45, 7) is 0. The number of hydrogen-bond acceptors (Lipinski definition) is 3. The third-order valence-electron chi connectivity index (χ3n) is 1.94. The van der Waals surface area contributed by atoms with E-state index in [0.29, 0.717) is 11.5 Å². The molecule has 2 N–H and O–H groups in total. The van der Waals surface area contributed by atoms with E-state index < -0.39 is 5.82 Å². The smallest absolute Gasteiger partial charge is 0.145 e. The van der Waals surface area contributed by atoms with Crippen LogP contribution in [0.1, 0.15) is 5.56 Å². The molecule has 0 aliphatic heterocycles. The predicted molar refractivity (Wildman–Crippen MR) is 52.6 cm³/mol. The minimum Gasteiger partial charge on any atom is -0.382 e. The number of aromatic nitrogens is 2. The van der Waals surface area contributed by atoms with Gasteiger partial charge in [0.15, 0.2) is 0 Å². The van der Waals surface area contributed by atoms with Crippen molar-refractivity contribution in [1.82, 2.24) is 9.78 Å². The molecule has 0 radical (unpaired) electrons. The summed E-state index contributed by atoms with van der Waals surface area (Å²) in [7, 11) is 0. The molecule has 1 aromatic heterocycles. The molecule has 0 atom stereocenters. The van der Waals surface area contributed by atoms with Crippen LogP contribution in [0.2, 0.25) is 0 Å². The molecular formula is C10H7FN4. The number of halogens is 1. The minimum absolute atomic E-state index is 0.220. The molecule has 0 bridgehead atoms. The summed E-state index contributed by atoms with van der Waals surface area (Å²) in [4.78, 5) is 0. The van der Waals surface area contributed by atoms with Crippen molar-refractivity contribution in [3.63, 3.8) is 0 Å². The summed E-state index contributed by atoms with van der Waals surface area (Å²) >= 11 is 0. The molecule has 0 aliphatic carbocycles. The molecule has 0 saturated heterocycles. The van der Waals surface area contributed by atoms with E-state index >= 15 is 0 Å². The number of anilines is 1. The second-order valence-corrected chi connectivity index (χ2v) is 2.96. The number of rotatable bonds is 1. The van der Waals surface area contributed by atoms with Crippen LogP contribution < -0.4 is 5.73 Å². The van der Waals surface area contributed by atoms with Gasteiger partial charge in [0.2, 0.25) is 0 Å². The Labute approximate surface area is 85.4 Å². The number of nitrogen functional groups attached to an aromatic ring is 1. The highest BCUT2D eigenvalue weighted by Crippen LogP contribution is 2.15. The Kier molecular flexibility index (Phi) is 2.10. The van der Waals surface area contributed by atoms with E-state index in [1.807, 2.05) is 6.07 Å². The van der Waals surface area contributed by atoms with Crippen LogP contribution in [0.5, 0.6) is 0 Å². The van der Waals surface area contributed by atoms with Crippen molar-refractivity contribution in [2.24, 2.45) is 0 Å². The number of nitrogens with two attached hydrogens (primary N) is 1. The lowest BCUT2D eigenvalue weighted by molar-refractivity contribution is 0.626. The molecule has 1 heterocycles. The van der Waals surface area contributed by atoms with Crippen molar-refractivity contribution in [1.29, 1.82) is 5.26 Å². The number of hydrogen-bond donors (Lipinski definition) is 1. The summed E-state index contributed by atoms with van der Waals surface area (Å²) in [6.07, 6.45) is 1.61. The van der Waals surface area contributed by atoms with Crippen molar-refractivity contribution >= 4 is 5.82 Å². The van der Waals surface area contributed by atoms with Gasteiger partial charge in [0.25, 0.3) is 0 Å². The van der Waals surface area contributed by atoms with Crippen LogP contribution in [0.15, 0.2) is 30.5 Å². The second kappa shape index (κ2) is 3.42. The highest BCUT2D eigenvalue weighted by Gasteiger charge is 2.06. The highest BCUT2D eigenvalue weighted by molar-refractivity contribution is 5.49. The lowest BCUT2D eigenvalue weighted by Crippen LogP contribution is -1.99. The van der Waals surface area contributed by atoms with Crippen molar-refractivity contribution in [2.45, 2.75) is 0 Å². The van der Waals surface area contributed by atoms with Crippen LogP contribution in [-0.2, 0) is 0 Å². The van der Waals surface area contributed by atoms with E-state index in [1.165, 1.54) is 16.8 Å². The largest absolute Gasteiger partial charge is 0.382 e. The predicted octanol–water partition coefficient (Wildman–Crippen LogP) is 1.47. The van der Waals surface area contributed by atoms with Crippen molar-refractivity contribution in [3.05, 3.63) is 41.8 Å². The fraction of sp³-hybridized carbons (Fsp3) is 0. The van der Waals surface area contributed by atoms with Gasteiger partial charge in [0.1, 0.15) is 17.7 Å². The summed E-state index contributed by atoms with van der Waals surface area (Å²) in [5.41, 5.74) is 6.18. The van der Waals surface area contributed by atoms with Gasteiger partial charge in [0, 0.05) is 12.3 Å². The van der Waals surface area contributed by atoms with E-state index in [-0.39, 0.29) is 5.56 Å². The molecule has 0 spiro atoms. The Bertz CT molecular complexity index is 539. The fourth-order valence-electron chi connectivity index (χ4n) is 1.27. The first-order chi connectivity index (χ1) is 7.20. The summed E-state index contributed by atoms with van der Waals surface area (Å²) in [5, 5.41) is 12.8. The van der Waals surface area contributed by atoms with Gasteiger partial charge < -0.3 is 5.73 Å². The van der Waals surface area contributed by atoms with E-state index in [2.05, 4.69) is 5.10 Å². The molecular weight excluding hydrogens is 195 g/mol. The lowest BCUT2D eigenvalue weighted by atomic mass is 10.2. The Balaban J connectivity index is 2.58. The molecule has 0 amide bonds. The van der Waals surface area contributed by atoms with Crippen LogP contribution in [0, 0.1) is 17.1 Å². The topological polar surface area (TPSA) is 67.6 Å². The van der Waals surface area contributed by atoms with Gasteiger partial charge in [-0.25, -0.2) is 9.07 Å². The lowest BCUT2D eigenvalue weighted by Gasteiger charge is -2.03. The average molecular weight is 202 g/mol. The van der Waals surface area contributed by atoms with Crippen LogP contribution in [-0.4, -0.2) is 9.78 Å². The van der Waals surface area contributed by atoms with Crippen LogP contribution in [0.3, 0.4) is 0 Å². The number of nitriles is 1. The summed E-state index contributed by atoms with van der Waals surface area (Å²) in [6, 6.07) is 7.42. The Hall–Kier alpha value is -2.35. The van der Waals surface area contributed by atoms with E-state index in [4.69, 9.17) is 11.0 Å². The Morgan fingerprint density at radius 1 is 1.40 bits per heavy atom. The van der Waals surface area contributed by atoms with Gasteiger partial charge >= 0.3 is 0 Å². The fourth-order valence-corrected chi connectivity index (χ4v) is 1.27. The zero-order valence-corrected chi connectivity index (χ0v) is 7.68. The van der Waals surface area contributed by atoms with Crippen molar-refractivity contribution < 1.29 is 4.39 Å². The highest BCUT2D eigenvalue weighted by atomic mass is 19.1. The quantitative estimate of drug-likeness (QED) is 0.761. The molecule has 0 unspecified atom stereocenters. The van der Waals surface area contributed by atoms with Crippen LogP contribution >= 0.6 is 0 Å². The SMILES string of the molecule is N#Cc1cc(F)ccc1-n1ccc(N)n1. The van der Waals surface area contributed by atoms with E-state index in [0.717, 1.165) is 6.07 Å². The summed E-state index contributed by atoms with van der Waals surface area (Å²) in [5.74, 6) is -0.0985. The molecule has 74 valence electrons. The zero-order valence-electron chi connectivity index (χ0n) is 7.68. The van der Waals surface area contributed by atoms with E-state index in [9.17, 15) is 4.39 Å². The Morgan fingerprint density at radius 2 is 2.20 bits per heavy atom. The average Bonchev–Trinajstić information content (AvgIpc) is 2.64. The Morgan fingerprint density at radius 3 is 2.80 bits per heavy atom. The third-order valence-corrected chi connectivity index (χ3v) is 1.94. The van der Waals surface area contributed by atoms with Gasteiger partial charge in [-0.3, -0.25) is 0 Å². The minimum atomic E-state index is -0.449. The molecule has 0 fully saturated rings. The zero-order chi connectivity index (χ0) is 10.8. The first-order valence-corrected chi connectivity index (χ1v) is 4.22. The molecule has 5 heteroatoms. The summed E-state index contributed by atoms with van der Waals surface area (Å²) < 4.78 is 14.3. The molecule has 1 aromatic carbocycles. The maximum Gasteiger partial charge on any atom is 0.145 e. The van der Waals surface area contributed by atoms with Crippen LogP contribution in [0.25, 0.3) is 5.69 Å². The number of nitrogens with zero attached hydrogens (tertiary/aromatic N) is 3. The maximum atomic E-state index is 12.8. The molecule has 0 saturated carbocycles.